The summed E-state index contributed by atoms with van der Waals surface area (Å²) in [5.41, 5.74) is 3.34. The lowest BCUT2D eigenvalue weighted by Crippen LogP contribution is -2.51. The van der Waals surface area contributed by atoms with Gasteiger partial charge in [0.1, 0.15) is 5.78 Å². The van der Waals surface area contributed by atoms with E-state index >= 15 is 0 Å². The number of hydrogen-bond donors (Lipinski definition) is 0. The maximum absolute atomic E-state index is 13.4. The van der Waals surface area contributed by atoms with E-state index < -0.39 is 0 Å². The summed E-state index contributed by atoms with van der Waals surface area (Å²) in [7, 11) is 0. The first-order chi connectivity index (χ1) is 13.9. The maximum Gasteiger partial charge on any atom is 0.155 e. The Morgan fingerprint density at radius 3 is 2.66 bits per heavy atom. The molecule has 2 heteroatoms. The number of Topliss-reactive ketones (excluding diaryl/α,β-unsaturated/α-hetero) is 1. The molecule has 0 radical (unpaired) electrons. The van der Waals surface area contributed by atoms with Crippen molar-refractivity contribution in [1.82, 2.24) is 0 Å². The summed E-state index contributed by atoms with van der Waals surface area (Å²) < 4.78 is 0. The minimum atomic E-state index is 0.218. The van der Waals surface area contributed by atoms with E-state index in [1.807, 2.05) is 6.08 Å². The third kappa shape index (κ3) is 3.12. The summed E-state index contributed by atoms with van der Waals surface area (Å²) in [6.45, 7) is 4.93. The van der Waals surface area contributed by atoms with E-state index in [0.717, 1.165) is 50.4 Å². The Morgan fingerprint density at radius 1 is 1.00 bits per heavy atom. The molecule has 2 nitrogen and oxygen atoms in total. The number of allylic oxidation sites excluding steroid dienone is 3. The van der Waals surface area contributed by atoms with Crippen molar-refractivity contribution < 1.29 is 9.59 Å². The van der Waals surface area contributed by atoms with Crippen LogP contribution >= 0.6 is 0 Å². The van der Waals surface area contributed by atoms with E-state index in [1.165, 1.54) is 56.1 Å². The van der Waals surface area contributed by atoms with Crippen molar-refractivity contribution in [3.05, 3.63) is 23.3 Å². The van der Waals surface area contributed by atoms with Crippen LogP contribution in [0.2, 0.25) is 0 Å². The van der Waals surface area contributed by atoms with E-state index in [9.17, 15) is 9.59 Å². The van der Waals surface area contributed by atoms with Crippen LogP contribution in [0.3, 0.4) is 0 Å². The molecule has 0 spiro atoms. The number of carbonyl (C=O) groups excluding carboxylic acids is 2. The number of fused-ring (bicyclic) bond motifs is 5. The fourth-order valence-electron chi connectivity index (χ4n) is 8.50. The minimum absolute atomic E-state index is 0.218. The van der Waals surface area contributed by atoms with Gasteiger partial charge in [0.25, 0.3) is 0 Å². The van der Waals surface area contributed by atoms with Gasteiger partial charge in [-0.05, 0) is 105 Å². The fraction of sp³-hybridized carbons (Fsp3) is 0.778. The molecular formula is C27H38O2. The molecule has 5 rings (SSSR count). The first-order valence-electron chi connectivity index (χ1n) is 12.4. The lowest BCUT2D eigenvalue weighted by molar-refractivity contribution is -0.130. The van der Waals surface area contributed by atoms with Gasteiger partial charge in [-0.25, -0.2) is 0 Å². The third-order valence-electron chi connectivity index (χ3n) is 10.1. The molecule has 0 bridgehead atoms. The maximum atomic E-state index is 13.4. The molecule has 0 aromatic rings. The Kier molecular flexibility index (Phi) is 4.91. The van der Waals surface area contributed by atoms with Crippen molar-refractivity contribution in [3.63, 3.8) is 0 Å². The first kappa shape index (κ1) is 19.8. The van der Waals surface area contributed by atoms with Crippen LogP contribution in [0.15, 0.2) is 23.3 Å². The van der Waals surface area contributed by atoms with E-state index in [2.05, 4.69) is 19.9 Å². The van der Waals surface area contributed by atoms with Crippen LogP contribution in [0, 0.1) is 34.5 Å². The molecule has 5 aliphatic carbocycles. The number of hydrogen-bond acceptors (Lipinski definition) is 2. The zero-order chi connectivity index (χ0) is 20.2. The Hall–Kier alpha value is -1.18. The molecule has 0 aromatic carbocycles. The topological polar surface area (TPSA) is 34.1 Å². The fourth-order valence-corrected chi connectivity index (χ4v) is 8.50. The lowest BCUT2D eigenvalue weighted by atomic mass is 9.46. The Morgan fingerprint density at radius 2 is 1.86 bits per heavy atom. The van der Waals surface area contributed by atoms with Crippen LogP contribution in [0.5, 0.6) is 0 Å². The Labute approximate surface area is 176 Å². The Bertz CT molecular complexity index is 773. The quantitative estimate of drug-likeness (QED) is 0.506. The van der Waals surface area contributed by atoms with Crippen molar-refractivity contribution in [2.45, 2.75) is 97.3 Å². The van der Waals surface area contributed by atoms with Crippen LogP contribution < -0.4 is 0 Å². The smallest absolute Gasteiger partial charge is 0.155 e. The zero-order valence-corrected chi connectivity index (χ0v) is 18.5. The first-order valence-corrected chi connectivity index (χ1v) is 12.4. The van der Waals surface area contributed by atoms with Gasteiger partial charge in [-0.15, -0.1) is 0 Å². The standard InChI is InChI=1S/C27H38O2/c1-26-14-12-20(28)17-19(26)8-9-21-22-10-11-24(27(22,2)15-13-23(21)26)25(29)16-18-6-4-3-5-7-18/h6,17,21-24H,3-5,7-16H2,1-2H3/t21-,22-,23-,24+,26-,27-/m0/s1. The molecule has 5 aliphatic rings. The number of rotatable bonds is 3. The van der Waals surface area contributed by atoms with Crippen molar-refractivity contribution in [2.24, 2.45) is 34.5 Å². The highest BCUT2D eigenvalue weighted by Gasteiger charge is 2.59. The summed E-state index contributed by atoms with van der Waals surface area (Å²) in [5, 5.41) is 0. The molecule has 0 aromatic heterocycles. The molecule has 6 atom stereocenters. The highest BCUT2D eigenvalue weighted by atomic mass is 16.1. The van der Waals surface area contributed by atoms with Gasteiger partial charge >= 0.3 is 0 Å². The van der Waals surface area contributed by atoms with Crippen LogP contribution in [0.1, 0.15) is 97.3 Å². The van der Waals surface area contributed by atoms with Crippen molar-refractivity contribution in [2.75, 3.05) is 0 Å². The molecule has 158 valence electrons. The van der Waals surface area contributed by atoms with Gasteiger partial charge in [-0.2, -0.15) is 0 Å². The monoisotopic (exact) mass is 394 g/mol. The second-order valence-corrected chi connectivity index (χ2v) is 11.4. The second-order valence-electron chi connectivity index (χ2n) is 11.4. The summed E-state index contributed by atoms with van der Waals surface area (Å²) in [6, 6.07) is 0. The summed E-state index contributed by atoms with van der Waals surface area (Å²) in [5.74, 6) is 3.38. The molecule has 0 unspecified atom stereocenters. The predicted molar refractivity (Wildman–Crippen MR) is 116 cm³/mol. The molecule has 3 fully saturated rings. The van der Waals surface area contributed by atoms with Crippen molar-refractivity contribution >= 4 is 11.6 Å². The molecule has 0 amide bonds. The highest BCUT2D eigenvalue weighted by Crippen LogP contribution is 2.66. The van der Waals surface area contributed by atoms with Crippen LogP contribution in [0.4, 0.5) is 0 Å². The summed E-state index contributed by atoms with van der Waals surface area (Å²) in [6.07, 6.45) is 19.0. The predicted octanol–water partition coefficient (Wildman–Crippen LogP) is 6.59. The van der Waals surface area contributed by atoms with Crippen LogP contribution in [0.25, 0.3) is 0 Å². The van der Waals surface area contributed by atoms with E-state index in [4.69, 9.17) is 0 Å². The van der Waals surface area contributed by atoms with E-state index in [1.54, 1.807) is 0 Å². The van der Waals surface area contributed by atoms with Gasteiger partial charge in [-0.1, -0.05) is 31.1 Å². The third-order valence-corrected chi connectivity index (χ3v) is 10.1. The molecule has 0 heterocycles. The molecular weight excluding hydrogens is 356 g/mol. The zero-order valence-electron chi connectivity index (χ0n) is 18.5. The van der Waals surface area contributed by atoms with Crippen LogP contribution in [-0.2, 0) is 9.59 Å². The van der Waals surface area contributed by atoms with E-state index in [-0.39, 0.29) is 16.7 Å². The largest absolute Gasteiger partial charge is 0.299 e. The lowest BCUT2D eigenvalue weighted by Gasteiger charge is -2.58. The van der Waals surface area contributed by atoms with Gasteiger partial charge in [-0.3, -0.25) is 9.59 Å². The molecule has 29 heavy (non-hydrogen) atoms. The molecule has 0 aliphatic heterocycles. The average Bonchev–Trinajstić information content (AvgIpc) is 3.06. The van der Waals surface area contributed by atoms with Gasteiger partial charge in [0, 0.05) is 18.8 Å². The van der Waals surface area contributed by atoms with Gasteiger partial charge in [0.15, 0.2) is 5.78 Å². The second kappa shape index (κ2) is 7.20. The van der Waals surface area contributed by atoms with Crippen molar-refractivity contribution in [3.8, 4) is 0 Å². The summed E-state index contributed by atoms with van der Waals surface area (Å²) >= 11 is 0. The highest BCUT2D eigenvalue weighted by molar-refractivity contribution is 5.91. The Balaban J connectivity index is 1.36. The minimum Gasteiger partial charge on any atom is -0.299 e. The average molecular weight is 395 g/mol. The molecule has 0 saturated heterocycles. The van der Waals surface area contributed by atoms with Crippen molar-refractivity contribution in [1.29, 1.82) is 0 Å². The number of carbonyl (C=O) groups is 2. The molecule has 0 N–H and O–H groups in total. The normalized spacial score (nSPS) is 44.3. The van der Waals surface area contributed by atoms with Gasteiger partial charge in [0.2, 0.25) is 0 Å². The van der Waals surface area contributed by atoms with E-state index in [0.29, 0.717) is 17.5 Å². The van der Waals surface area contributed by atoms with Gasteiger partial charge in [0.05, 0.1) is 0 Å². The number of ketones is 2. The molecule has 3 saturated carbocycles. The van der Waals surface area contributed by atoms with Gasteiger partial charge < -0.3 is 0 Å². The summed E-state index contributed by atoms with van der Waals surface area (Å²) in [4.78, 5) is 25.4. The SMILES string of the molecule is C[C@]12CC[C@H]3[C@@H](CCC4=CC(=O)CC[C@@]43C)[C@@H]1CC[C@@H]2C(=O)CC1=CCCCC1. The van der Waals surface area contributed by atoms with Crippen LogP contribution in [-0.4, -0.2) is 11.6 Å².